The average Bonchev–Trinajstić information content (AvgIpc) is 1.29. The van der Waals surface area contributed by atoms with E-state index in [1.807, 2.05) is 0 Å². The molecule has 0 aliphatic carbocycles. The molecular weight excluding hydrogens is 1270 g/mol. The number of aliphatic hydroxyl groups is 1. The van der Waals surface area contributed by atoms with Gasteiger partial charge in [0, 0.05) is 25.7 Å². The van der Waals surface area contributed by atoms with Crippen LogP contribution in [-0.4, -0.2) is 96.7 Å². The molecule has 19 heteroatoms. The highest BCUT2D eigenvalue weighted by Gasteiger charge is 2.30. The van der Waals surface area contributed by atoms with Crippen LogP contribution in [0.15, 0.2) is 0 Å². The summed E-state index contributed by atoms with van der Waals surface area (Å²) in [5.74, 6) is 0.970. The molecular formula is C78H152O17P2. The lowest BCUT2D eigenvalue weighted by Crippen LogP contribution is -2.30. The lowest BCUT2D eigenvalue weighted by molar-refractivity contribution is -0.161. The van der Waals surface area contributed by atoms with E-state index in [-0.39, 0.29) is 25.7 Å². The van der Waals surface area contributed by atoms with Gasteiger partial charge in [0.15, 0.2) is 12.2 Å². The van der Waals surface area contributed by atoms with Crippen LogP contribution in [0.4, 0.5) is 0 Å². The molecule has 0 fully saturated rings. The van der Waals surface area contributed by atoms with E-state index in [9.17, 15) is 43.2 Å². The van der Waals surface area contributed by atoms with E-state index >= 15 is 0 Å². The molecule has 0 aromatic heterocycles. The second kappa shape index (κ2) is 67.2. The van der Waals surface area contributed by atoms with Crippen molar-refractivity contribution in [1.82, 2.24) is 0 Å². The molecule has 0 aliphatic heterocycles. The predicted octanol–water partition coefficient (Wildman–Crippen LogP) is 22.8. The molecule has 0 saturated carbocycles. The van der Waals surface area contributed by atoms with Gasteiger partial charge < -0.3 is 33.8 Å². The number of esters is 4. The summed E-state index contributed by atoms with van der Waals surface area (Å²) in [5.41, 5.74) is 0. The fourth-order valence-electron chi connectivity index (χ4n) is 11.8. The molecule has 576 valence electrons. The molecule has 0 bridgehead atoms. The average molecular weight is 1420 g/mol. The lowest BCUT2D eigenvalue weighted by atomic mass is 9.99. The van der Waals surface area contributed by atoms with Crippen LogP contribution < -0.4 is 0 Å². The molecule has 0 aliphatic rings. The van der Waals surface area contributed by atoms with Gasteiger partial charge in [-0.15, -0.1) is 0 Å². The van der Waals surface area contributed by atoms with E-state index in [0.29, 0.717) is 31.6 Å². The summed E-state index contributed by atoms with van der Waals surface area (Å²) in [6, 6.07) is 0. The third kappa shape index (κ3) is 69.5. The topological polar surface area (TPSA) is 237 Å². The van der Waals surface area contributed by atoms with Crippen molar-refractivity contribution >= 4 is 39.5 Å². The number of carbonyl (C=O) groups is 4. The Morgan fingerprint density at radius 3 is 0.732 bits per heavy atom. The Hall–Kier alpha value is -1.94. The van der Waals surface area contributed by atoms with Crippen molar-refractivity contribution in [3.05, 3.63) is 0 Å². The summed E-state index contributed by atoms with van der Waals surface area (Å²) in [7, 11) is -9.92. The van der Waals surface area contributed by atoms with Crippen LogP contribution in [0.1, 0.15) is 396 Å². The fourth-order valence-corrected chi connectivity index (χ4v) is 13.4. The zero-order valence-corrected chi connectivity index (χ0v) is 65.5. The third-order valence-electron chi connectivity index (χ3n) is 18.8. The normalized spacial score (nSPS) is 14.6. The standard InChI is InChI=1S/C78H152O17P2/c1-9-70(7)56-48-40-32-26-22-18-15-16-20-24-28-34-45-53-60-77(82)94-73(64-88-75(80)58-50-42-35-29-31-39-47-55-69(5)6)66-92-96(84,85)90-62-72(79)63-91-97(86,87)93-67-74(65-89-76(81)59-51-43-37-36-41-49-57-71(8)10-2)95-78(83)61-52-44-33-27-23-19-14-12-11-13-17-21-25-30-38-46-54-68(3)4/h68-74,79H,9-67H2,1-8H3,(H,84,85)(H,86,87)/t70?,71?,72?,73-,74-/m1/s1. The Morgan fingerprint density at radius 1 is 0.289 bits per heavy atom. The van der Waals surface area contributed by atoms with Gasteiger partial charge in [0.05, 0.1) is 26.4 Å². The Balaban J connectivity index is 5.20. The molecule has 0 radical (unpaired) electrons. The Kier molecular flexibility index (Phi) is 65.9. The summed E-state index contributed by atoms with van der Waals surface area (Å²) >= 11 is 0. The molecule has 5 unspecified atom stereocenters. The summed E-state index contributed by atoms with van der Waals surface area (Å²) in [4.78, 5) is 72.8. The number of ether oxygens (including phenoxy) is 4. The molecule has 97 heavy (non-hydrogen) atoms. The first-order valence-corrected chi connectivity index (χ1v) is 43.3. The number of carbonyl (C=O) groups excluding carboxylic acids is 4. The maximum absolute atomic E-state index is 13.1. The summed E-state index contributed by atoms with van der Waals surface area (Å²) in [5, 5.41) is 10.6. The second-order valence-corrected chi connectivity index (χ2v) is 32.4. The number of aliphatic hydroxyl groups excluding tert-OH is 1. The third-order valence-corrected chi connectivity index (χ3v) is 20.7. The van der Waals surface area contributed by atoms with E-state index in [2.05, 4.69) is 55.4 Å². The minimum absolute atomic E-state index is 0.106. The zero-order chi connectivity index (χ0) is 71.7. The van der Waals surface area contributed by atoms with Crippen LogP contribution >= 0.6 is 15.6 Å². The molecule has 0 aromatic rings. The minimum atomic E-state index is -4.96. The van der Waals surface area contributed by atoms with Gasteiger partial charge >= 0.3 is 39.5 Å². The van der Waals surface area contributed by atoms with Crippen LogP contribution in [0.2, 0.25) is 0 Å². The van der Waals surface area contributed by atoms with Gasteiger partial charge in [-0.2, -0.15) is 0 Å². The molecule has 0 spiro atoms. The first-order valence-electron chi connectivity index (χ1n) is 40.3. The molecule has 0 rings (SSSR count). The molecule has 0 saturated heterocycles. The van der Waals surface area contributed by atoms with E-state index < -0.39 is 97.5 Å². The van der Waals surface area contributed by atoms with Crippen molar-refractivity contribution in [2.45, 2.75) is 414 Å². The lowest BCUT2D eigenvalue weighted by Gasteiger charge is -2.21. The molecule has 3 N–H and O–H groups in total. The quantitative estimate of drug-likeness (QED) is 0.0222. The van der Waals surface area contributed by atoms with Gasteiger partial charge in [-0.3, -0.25) is 37.3 Å². The van der Waals surface area contributed by atoms with Crippen molar-refractivity contribution < 1.29 is 80.2 Å². The van der Waals surface area contributed by atoms with Gasteiger partial charge in [0.2, 0.25) is 0 Å². The Morgan fingerprint density at radius 2 is 0.495 bits per heavy atom. The molecule has 0 aromatic carbocycles. The highest BCUT2D eigenvalue weighted by atomic mass is 31.2. The van der Waals surface area contributed by atoms with Gasteiger partial charge in [-0.05, 0) is 49.4 Å². The molecule has 0 amide bonds. The smallest absolute Gasteiger partial charge is 0.462 e. The van der Waals surface area contributed by atoms with Gasteiger partial charge in [-0.25, -0.2) is 9.13 Å². The van der Waals surface area contributed by atoms with Crippen LogP contribution in [0.25, 0.3) is 0 Å². The largest absolute Gasteiger partial charge is 0.472 e. The van der Waals surface area contributed by atoms with Crippen molar-refractivity contribution in [3.8, 4) is 0 Å². The monoisotopic (exact) mass is 1420 g/mol. The van der Waals surface area contributed by atoms with Gasteiger partial charge in [-0.1, -0.05) is 344 Å². The number of unbranched alkanes of at least 4 members (excludes halogenated alkanes) is 39. The van der Waals surface area contributed by atoms with E-state index in [0.717, 1.165) is 120 Å². The number of phosphoric ester groups is 2. The predicted molar refractivity (Wildman–Crippen MR) is 395 cm³/mol. The van der Waals surface area contributed by atoms with Crippen LogP contribution in [0.5, 0.6) is 0 Å². The van der Waals surface area contributed by atoms with Crippen molar-refractivity contribution in [2.24, 2.45) is 23.7 Å². The van der Waals surface area contributed by atoms with E-state index in [4.69, 9.17) is 37.0 Å². The molecule has 0 heterocycles. The van der Waals surface area contributed by atoms with E-state index in [1.165, 1.54) is 186 Å². The maximum atomic E-state index is 13.1. The summed E-state index contributed by atoms with van der Waals surface area (Å²) < 4.78 is 68.6. The molecule has 7 atom stereocenters. The highest BCUT2D eigenvalue weighted by molar-refractivity contribution is 7.47. The van der Waals surface area contributed by atoms with Crippen LogP contribution in [0, 0.1) is 23.7 Å². The van der Waals surface area contributed by atoms with Crippen LogP contribution in [0.3, 0.4) is 0 Å². The first-order chi connectivity index (χ1) is 46.7. The van der Waals surface area contributed by atoms with Gasteiger partial charge in [0.25, 0.3) is 0 Å². The zero-order valence-electron chi connectivity index (χ0n) is 63.7. The molecule has 17 nitrogen and oxygen atoms in total. The fraction of sp³-hybridized carbons (Fsp3) is 0.949. The van der Waals surface area contributed by atoms with E-state index in [1.54, 1.807) is 0 Å². The van der Waals surface area contributed by atoms with Crippen molar-refractivity contribution in [3.63, 3.8) is 0 Å². The Labute approximate surface area is 594 Å². The number of phosphoric acid groups is 2. The summed E-state index contributed by atoms with van der Waals surface area (Å²) in [6.07, 6.45) is 52.8. The SMILES string of the molecule is CCC(C)CCCCCCCCCCCCCCCCC(=O)O[C@H](COC(=O)CCCCCCCCCC(C)C)COP(=O)(O)OCC(O)COP(=O)(O)OC[C@@H](COC(=O)CCCCCCCCC(C)CC)OC(=O)CCCCCCCCCCCCCCCCCCC(C)C. The van der Waals surface area contributed by atoms with Crippen LogP contribution in [-0.2, 0) is 65.4 Å². The number of rotatable bonds is 75. The first kappa shape index (κ1) is 95.1. The second-order valence-electron chi connectivity index (χ2n) is 29.5. The van der Waals surface area contributed by atoms with Gasteiger partial charge in [0.1, 0.15) is 19.3 Å². The van der Waals surface area contributed by atoms with Crippen molar-refractivity contribution in [1.29, 1.82) is 0 Å². The highest BCUT2D eigenvalue weighted by Crippen LogP contribution is 2.45. The summed E-state index contributed by atoms with van der Waals surface area (Å²) in [6.45, 7) is 14.2. The maximum Gasteiger partial charge on any atom is 0.472 e. The van der Waals surface area contributed by atoms with Crippen molar-refractivity contribution in [2.75, 3.05) is 39.6 Å². The minimum Gasteiger partial charge on any atom is -0.462 e. The number of hydrogen-bond acceptors (Lipinski definition) is 15. The Bertz CT molecular complexity index is 1910. The number of hydrogen-bond donors (Lipinski definition) is 3.